The number of benzene rings is 2. The van der Waals surface area contributed by atoms with E-state index in [2.05, 4.69) is 10.6 Å². The Bertz CT molecular complexity index is 1080. The maximum atomic E-state index is 12.9. The Labute approximate surface area is 199 Å². The average Bonchev–Trinajstić information content (AvgIpc) is 3.21. The molecule has 2 aromatic carbocycles. The van der Waals surface area contributed by atoms with Gasteiger partial charge in [-0.3, -0.25) is 4.79 Å². The number of carbonyl (C=O) groups excluding carboxylic acids is 1. The van der Waals surface area contributed by atoms with Crippen molar-refractivity contribution in [2.45, 2.75) is 37.0 Å². The van der Waals surface area contributed by atoms with E-state index in [1.165, 1.54) is 12.1 Å². The van der Waals surface area contributed by atoms with Gasteiger partial charge in [-0.15, -0.1) is 0 Å². The molecule has 0 aromatic heterocycles. The zero-order chi connectivity index (χ0) is 23.3. The van der Waals surface area contributed by atoms with Gasteiger partial charge in [0.05, 0.1) is 35.4 Å². The van der Waals surface area contributed by atoms with E-state index in [0.717, 1.165) is 32.1 Å². The Kier molecular flexibility index (Phi) is 7.62. The maximum Gasteiger partial charge on any atom is 0.243 e. The van der Waals surface area contributed by atoms with Crippen molar-refractivity contribution in [2.75, 3.05) is 43.5 Å². The smallest absolute Gasteiger partial charge is 0.243 e. The molecular formula is C23H28ClN3O5S. The van der Waals surface area contributed by atoms with Crippen LogP contribution in [0.15, 0.2) is 41.3 Å². The predicted octanol–water partition coefficient (Wildman–Crippen LogP) is 4.12. The highest BCUT2D eigenvalue weighted by molar-refractivity contribution is 7.89. The number of anilines is 2. The van der Waals surface area contributed by atoms with Crippen LogP contribution in [-0.4, -0.2) is 51.5 Å². The molecule has 2 aliphatic heterocycles. The predicted molar refractivity (Wildman–Crippen MR) is 128 cm³/mol. The first-order valence-corrected chi connectivity index (χ1v) is 13.0. The SMILES string of the molecule is O=C(CNc1cc2c(cc1Cl)OCCCO2)Nc1ccc(S(=O)(=O)N2CCCCCC2)cc1. The molecule has 2 aliphatic rings. The molecule has 1 saturated heterocycles. The summed E-state index contributed by atoms with van der Waals surface area (Å²) < 4.78 is 38.6. The number of halogens is 1. The van der Waals surface area contributed by atoms with Gasteiger partial charge in [-0.25, -0.2) is 8.42 Å². The number of ether oxygens (including phenoxy) is 2. The van der Waals surface area contributed by atoms with Crippen LogP contribution in [0.2, 0.25) is 5.02 Å². The van der Waals surface area contributed by atoms with Crippen molar-refractivity contribution >= 4 is 38.9 Å². The third-order valence-electron chi connectivity index (χ3n) is 5.62. The fraction of sp³-hybridized carbons (Fsp3) is 0.435. The summed E-state index contributed by atoms with van der Waals surface area (Å²) in [5.41, 5.74) is 1.08. The minimum atomic E-state index is -3.52. The summed E-state index contributed by atoms with van der Waals surface area (Å²) in [6, 6.07) is 9.66. The molecule has 2 heterocycles. The van der Waals surface area contributed by atoms with Crippen molar-refractivity contribution in [1.82, 2.24) is 4.31 Å². The first kappa shape index (κ1) is 23.7. The normalized spacial score (nSPS) is 17.0. The number of fused-ring (bicyclic) bond motifs is 1. The molecular weight excluding hydrogens is 466 g/mol. The van der Waals surface area contributed by atoms with Crippen LogP contribution in [0, 0.1) is 0 Å². The molecule has 0 unspecified atom stereocenters. The van der Waals surface area contributed by atoms with Crippen LogP contribution < -0.4 is 20.1 Å². The lowest BCUT2D eigenvalue weighted by Crippen LogP contribution is -2.31. The maximum absolute atomic E-state index is 12.9. The lowest BCUT2D eigenvalue weighted by atomic mass is 10.2. The van der Waals surface area contributed by atoms with Crippen LogP contribution in [-0.2, 0) is 14.8 Å². The lowest BCUT2D eigenvalue weighted by molar-refractivity contribution is -0.114. The summed E-state index contributed by atoms with van der Waals surface area (Å²) in [6.45, 7) is 2.20. The molecule has 8 nitrogen and oxygen atoms in total. The van der Waals surface area contributed by atoms with Crippen LogP contribution in [0.1, 0.15) is 32.1 Å². The van der Waals surface area contributed by atoms with Gasteiger partial charge >= 0.3 is 0 Å². The Morgan fingerprint density at radius 3 is 2.24 bits per heavy atom. The van der Waals surface area contributed by atoms with Gasteiger partial charge in [0.1, 0.15) is 0 Å². The second kappa shape index (κ2) is 10.6. The van der Waals surface area contributed by atoms with Gasteiger partial charge in [0, 0.05) is 37.3 Å². The highest BCUT2D eigenvalue weighted by Gasteiger charge is 2.25. The molecule has 10 heteroatoms. The van der Waals surface area contributed by atoms with Crippen molar-refractivity contribution in [3.05, 3.63) is 41.4 Å². The average molecular weight is 494 g/mol. The van der Waals surface area contributed by atoms with Gasteiger partial charge in [-0.2, -0.15) is 4.31 Å². The van der Waals surface area contributed by atoms with E-state index in [1.54, 1.807) is 28.6 Å². The van der Waals surface area contributed by atoms with Crippen LogP contribution in [0.25, 0.3) is 0 Å². The molecule has 1 fully saturated rings. The highest BCUT2D eigenvalue weighted by Crippen LogP contribution is 2.37. The molecule has 0 aliphatic carbocycles. The number of sulfonamides is 1. The molecule has 0 spiro atoms. The minimum absolute atomic E-state index is 0.0206. The van der Waals surface area contributed by atoms with Gasteiger partial charge in [-0.05, 0) is 37.1 Å². The Hall–Kier alpha value is -2.49. The van der Waals surface area contributed by atoms with E-state index in [9.17, 15) is 13.2 Å². The summed E-state index contributed by atoms with van der Waals surface area (Å²) in [7, 11) is -3.52. The number of hydrogen-bond donors (Lipinski definition) is 2. The third-order valence-corrected chi connectivity index (χ3v) is 7.84. The first-order chi connectivity index (χ1) is 15.9. The van der Waals surface area contributed by atoms with E-state index in [1.807, 2.05) is 0 Å². The Balaban J connectivity index is 1.35. The van der Waals surface area contributed by atoms with Crippen LogP contribution in [0.5, 0.6) is 11.5 Å². The van der Waals surface area contributed by atoms with Crippen molar-refractivity contribution in [3.8, 4) is 11.5 Å². The molecule has 0 atom stereocenters. The van der Waals surface area contributed by atoms with E-state index in [0.29, 0.717) is 54.2 Å². The van der Waals surface area contributed by atoms with Gasteiger partial charge in [0.15, 0.2) is 11.5 Å². The third kappa shape index (κ3) is 5.90. The molecule has 0 bridgehead atoms. The zero-order valence-corrected chi connectivity index (χ0v) is 19.9. The zero-order valence-electron chi connectivity index (χ0n) is 18.3. The van der Waals surface area contributed by atoms with Crippen LogP contribution in [0.4, 0.5) is 11.4 Å². The number of rotatable bonds is 6. The van der Waals surface area contributed by atoms with Gasteiger partial charge in [0.25, 0.3) is 0 Å². The van der Waals surface area contributed by atoms with Crippen molar-refractivity contribution in [1.29, 1.82) is 0 Å². The summed E-state index contributed by atoms with van der Waals surface area (Å²) in [6.07, 6.45) is 4.67. The highest BCUT2D eigenvalue weighted by atomic mass is 35.5. The van der Waals surface area contributed by atoms with E-state index in [-0.39, 0.29) is 17.3 Å². The summed E-state index contributed by atoms with van der Waals surface area (Å²) in [5.74, 6) is 0.880. The van der Waals surface area contributed by atoms with Crippen LogP contribution in [0.3, 0.4) is 0 Å². The molecule has 0 radical (unpaired) electrons. The van der Waals surface area contributed by atoms with Crippen LogP contribution >= 0.6 is 11.6 Å². The topological polar surface area (TPSA) is 97.0 Å². The van der Waals surface area contributed by atoms with E-state index >= 15 is 0 Å². The second-order valence-electron chi connectivity index (χ2n) is 8.07. The fourth-order valence-corrected chi connectivity index (χ4v) is 5.58. The largest absolute Gasteiger partial charge is 0.490 e. The summed E-state index contributed by atoms with van der Waals surface area (Å²) in [4.78, 5) is 12.6. The number of hydrogen-bond acceptors (Lipinski definition) is 6. The van der Waals surface area contributed by atoms with Crippen molar-refractivity contribution in [2.24, 2.45) is 0 Å². The fourth-order valence-electron chi connectivity index (χ4n) is 3.84. The Morgan fingerprint density at radius 1 is 0.939 bits per heavy atom. The molecule has 4 rings (SSSR count). The molecule has 0 saturated carbocycles. The lowest BCUT2D eigenvalue weighted by Gasteiger charge is -2.20. The standard InChI is InChI=1S/C23H28ClN3O5S/c24-19-14-21-22(32-13-5-12-31-21)15-20(19)25-16-23(28)26-17-6-8-18(9-7-17)33(29,30)27-10-3-1-2-4-11-27/h6-9,14-15,25H,1-5,10-13,16H2,(H,26,28). The number of amides is 1. The second-order valence-corrected chi connectivity index (χ2v) is 10.4. The first-order valence-electron chi connectivity index (χ1n) is 11.2. The molecule has 33 heavy (non-hydrogen) atoms. The quantitative estimate of drug-likeness (QED) is 0.628. The van der Waals surface area contributed by atoms with E-state index < -0.39 is 10.0 Å². The number of nitrogens with one attached hydrogen (secondary N) is 2. The monoisotopic (exact) mass is 493 g/mol. The van der Waals surface area contributed by atoms with Gasteiger partial charge in [-0.1, -0.05) is 24.4 Å². The molecule has 178 valence electrons. The molecule has 2 aromatic rings. The van der Waals surface area contributed by atoms with Gasteiger partial charge < -0.3 is 20.1 Å². The van der Waals surface area contributed by atoms with Crippen molar-refractivity contribution < 1.29 is 22.7 Å². The molecule has 1 amide bonds. The number of nitrogens with zero attached hydrogens (tertiary/aromatic N) is 1. The van der Waals surface area contributed by atoms with Crippen molar-refractivity contribution in [3.63, 3.8) is 0 Å². The minimum Gasteiger partial charge on any atom is -0.490 e. The van der Waals surface area contributed by atoms with Gasteiger partial charge in [0.2, 0.25) is 15.9 Å². The summed E-state index contributed by atoms with van der Waals surface area (Å²) in [5, 5.41) is 6.20. The molecule has 2 N–H and O–H groups in total. The summed E-state index contributed by atoms with van der Waals surface area (Å²) >= 11 is 6.30. The van der Waals surface area contributed by atoms with E-state index in [4.69, 9.17) is 21.1 Å². The number of carbonyl (C=O) groups is 1. The Morgan fingerprint density at radius 2 is 1.58 bits per heavy atom.